The third-order valence-electron chi connectivity index (χ3n) is 1.62. The van der Waals surface area contributed by atoms with Crippen LogP contribution in [0.5, 0.6) is 0 Å². The van der Waals surface area contributed by atoms with Crippen molar-refractivity contribution in [2.75, 3.05) is 0 Å². The van der Waals surface area contributed by atoms with Gasteiger partial charge in [0.05, 0.1) is 15.7 Å². The number of rotatable bonds is 1. The molecule has 0 aliphatic rings. The van der Waals surface area contributed by atoms with Crippen LogP contribution < -0.4 is 0 Å². The minimum atomic E-state index is -1.69. The highest BCUT2D eigenvalue weighted by Crippen LogP contribution is 2.31. The van der Waals surface area contributed by atoms with Crippen LogP contribution in [-0.4, -0.2) is 4.98 Å². The predicted octanol–water partition coefficient (Wildman–Crippen LogP) is 3.84. The van der Waals surface area contributed by atoms with Gasteiger partial charge in [0.2, 0.25) is 0 Å². The highest BCUT2D eigenvalue weighted by Gasteiger charge is 2.15. The van der Waals surface area contributed by atoms with Gasteiger partial charge in [-0.15, -0.1) is 11.3 Å². The maximum atomic E-state index is 12.3. The van der Waals surface area contributed by atoms with E-state index in [-0.39, 0.29) is 5.56 Å². The van der Waals surface area contributed by atoms with Crippen molar-refractivity contribution in [2.45, 2.75) is 0 Å². The fourth-order valence-electron chi connectivity index (χ4n) is 1.02. The van der Waals surface area contributed by atoms with Crippen LogP contribution in [0.3, 0.4) is 0 Å². The summed E-state index contributed by atoms with van der Waals surface area (Å²) in [5.74, 6) is 0. The van der Waals surface area contributed by atoms with E-state index in [2.05, 4.69) is 20.9 Å². The Kier molecular flexibility index (Phi) is 2.29. The number of benzene rings is 1. The minimum Gasteiger partial charge on any atom is -0.245 e. The lowest BCUT2D eigenvalue weighted by molar-refractivity contribution is 0.324. The van der Waals surface area contributed by atoms with Crippen molar-refractivity contribution in [1.29, 1.82) is 0 Å². The molecule has 1 heterocycles. The van der Waals surface area contributed by atoms with E-state index in [1.54, 1.807) is 11.6 Å². The summed E-state index contributed by atoms with van der Waals surface area (Å²) < 4.78 is 26.0. The molecule has 2 rings (SSSR count). The molecule has 0 saturated carbocycles. The number of thiazole rings is 1. The quantitative estimate of drug-likeness (QED) is 0.761. The topological polar surface area (TPSA) is 12.9 Å². The summed E-state index contributed by atoms with van der Waals surface area (Å²) in [5.41, 5.74) is 2.16. The maximum Gasteiger partial charge on any atom is 0.340 e. The van der Waals surface area contributed by atoms with Gasteiger partial charge in [0, 0.05) is 10.0 Å². The Hall–Kier alpha value is -0.550. The SMILES string of the molecule is F[C](F)c1cc2ncsc2cc1Br. The Balaban J connectivity index is 2.69. The molecule has 0 spiro atoms. The molecular formula is C8H3BrF2NS. The van der Waals surface area contributed by atoms with Crippen molar-refractivity contribution >= 4 is 37.5 Å². The van der Waals surface area contributed by atoms with E-state index in [4.69, 9.17) is 0 Å². The molecule has 13 heavy (non-hydrogen) atoms. The molecule has 0 fully saturated rings. The summed E-state index contributed by atoms with van der Waals surface area (Å²) >= 11 is 4.51. The molecule has 5 heteroatoms. The number of hydrogen-bond donors (Lipinski definition) is 0. The molecule has 1 aromatic carbocycles. The van der Waals surface area contributed by atoms with Gasteiger partial charge in [-0.2, -0.15) is 8.78 Å². The molecule has 0 unspecified atom stereocenters. The molecular weight excluding hydrogens is 260 g/mol. The van der Waals surface area contributed by atoms with E-state index in [0.29, 0.717) is 9.99 Å². The van der Waals surface area contributed by atoms with Crippen molar-refractivity contribution in [3.05, 3.63) is 34.1 Å². The number of halogens is 3. The summed E-state index contributed by atoms with van der Waals surface area (Å²) in [6.45, 7) is 0. The van der Waals surface area contributed by atoms with E-state index in [1.165, 1.54) is 17.4 Å². The third-order valence-corrected chi connectivity index (χ3v) is 3.07. The zero-order valence-electron chi connectivity index (χ0n) is 6.22. The van der Waals surface area contributed by atoms with E-state index in [0.717, 1.165) is 4.70 Å². The minimum absolute atomic E-state index is 0.0848. The average Bonchev–Trinajstić information content (AvgIpc) is 2.48. The Bertz CT molecular complexity index is 441. The summed E-state index contributed by atoms with van der Waals surface area (Å²) in [5, 5.41) is 0. The van der Waals surface area contributed by atoms with Gasteiger partial charge in [-0.3, -0.25) is 0 Å². The molecule has 0 aliphatic carbocycles. The van der Waals surface area contributed by atoms with E-state index < -0.39 is 6.43 Å². The summed E-state index contributed by atoms with van der Waals surface area (Å²) in [6, 6.07) is 3.03. The first-order valence-electron chi connectivity index (χ1n) is 3.39. The molecule has 0 aliphatic heterocycles. The van der Waals surface area contributed by atoms with Gasteiger partial charge in [-0.25, -0.2) is 4.98 Å². The van der Waals surface area contributed by atoms with Gasteiger partial charge in [-0.05, 0) is 12.1 Å². The van der Waals surface area contributed by atoms with Crippen molar-refractivity contribution in [1.82, 2.24) is 4.98 Å². The Morgan fingerprint density at radius 2 is 2.15 bits per heavy atom. The van der Waals surface area contributed by atoms with Crippen molar-refractivity contribution < 1.29 is 8.78 Å². The highest BCUT2D eigenvalue weighted by molar-refractivity contribution is 9.10. The second-order valence-electron chi connectivity index (χ2n) is 2.41. The van der Waals surface area contributed by atoms with Crippen LogP contribution >= 0.6 is 27.3 Å². The van der Waals surface area contributed by atoms with Crippen molar-refractivity contribution in [2.24, 2.45) is 0 Å². The lowest BCUT2D eigenvalue weighted by atomic mass is 10.2. The zero-order valence-corrected chi connectivity index (χ0v) is 8.62. The van der Waals surface area contributed by atoms with Crippen LogP contribution in [0.15, 0.2) is 22.1 Å². The Morgan fingerprint density at radius 3 is 2.85 bits per heavy atom. The van der Waals surface area contributed by atoms with Crippen LogP contribution in [-0.2, 0) is 0 Å². The zero-order chi connectivity index (χ0) is 9.42. The van der Waals surface area contributed by atoms with Gasteiger partial charge in [0.15, 0.2) is 0 Å². The Labute approximate surface area is 85.5 Å². The molecule has 0 atom stereocenters. The first-order valence-corrected chi connectivity index (χ1v) is 5.07. The van der Waals surface area contributed by atoms with Gasteiger partial charge in [0.1, 0.15) is 0 Å². The first kappa shape index (κ1) is 9.02. The summed E-state index contributed by atoms with van der Waals surface area (Å²) in [6.07, 6.45) is -1.69. The number of fused-ring (bicyclic) bond motifs is 1. The monoisotopic (exact) mass is 262 g/mol. The summed E-state index contributed by atoms with van der Waals surface area (Å²) in [7, 11) is 0. The van der Waals surface area contributed by atoms with Crippen molar-refractivity contribution in [3.63, 3.8) is 0 Å². The third kappa shape index (κ3) is 1.58. The molecule has 2 aromatic rings. The first-order chi connectivity index (χ1) is 6.18. The van der Waals surface area contributed by atoms with Gasteiger partial charge < -0.3 is 0 Å². The van der Waals surface area contributed by atoms with Crippen LogP contribution in [0.4, 0.5) is 8.78 Å². The van der Waals surface area contributed by atoms with Gasteiger partial charge >= 0.3 is 6.43 Å². The van der Waals surface area contributed by atoms with Crippen LogP contribution in [0.2, 0.25) is 0 Å². The molecule has 1 aromatic heterocycles. The lowest BCUT2D eigenvalue weighted by Gasteiger charge is -2.00. The molecule has 1 nitrogen and oxygen atoms in total. The van der Waals surface area contributed by atoms with Crippen LogP contribution in [0.1, 0.15) is 5.56 Å². The summed E-state index contributed by atoms with van der Waals surface area (Å²) in [4.78, 5) is 3.95. The number of nitrogens with zero attached hydrogens (tertiary/aromatic N) is 1. The van der Waals surface area contributed by atoms with E-state index >= 15 is 0 Å². The molecule has 0 N–H and O–H groups in total. The van der Waals surface area contributed by atoms with E-state index in [1.807, 2.05) is 0 Å². The molecule has 0 saturated heterocycles. The average molecular weight is 263 g/mol. The van der Waals surface area contributed by atoms with Gasteiger partial charge in [0.25, 0.3) is 0 Å². The second kappa shape index (κ2) is 3.31. The molecule has 0 amide bonds. The smallest absolute Gasteiger partial charge is 0.245 e. The standard InChI is InChI=1S/C8H3BrF2NS/c9-5-2-7-6(12-3-13-7)1-4(5)8(10)11/h1-3H. The number of aromatic nitrogens is 1. The fourth-order valence-corrected chi connectivity index (χ4v) is 2.37. The maximum absolute atomic E-state index is 12.3. The van der Waals surface area contributed by atoms with Crippen LogP contribution in [0, 0.1) is 6.43 Å². The van der Waals surface area contributed by atoms with E-state index in [9.17, 15) is 8.78 Å². The highest BCUT2D eigenvalue weighted by atomic mass is 79.9. The van der Waals surface area contributed by atoms with Crippen LogP contribution in [0.25, 0.3) is 10.2 Å². The Morgan fingerprint density at radius 1 is 1.38 bits per heavy atom. The second-order valence-corrected chi connectivity index (χ2v) is 4.15. The number of hydrogen-bond acceptors (Lipinski definition) is 2. The normalized spacial score (nSPS) is 11.4. The fraction of sp³-hybridized carbons (Fsp3) is 0. The predicted molar refractivity (Wildman–Crippen MR) is 51.9 cm³/mol. The molecule has 0 bridgehead atoms. The van der Waals surface area contributed by atoms with Crippen molar-refractivity contribution in [3.8, 4) is 0 Å². The van der Waals surface area contributed by atoms with Gasteiger partial charge in [-0.1, -0.05) is 15.9 Å². The largest absolute Gasteiger partial charge is 0.340 e. The lowest BCUT2D eigenvalue weighted by Crippen LogP contribution is -1.86. The molecule has 1 radical (unpaired) electrons. The molecule has 67 valence electrons.